The molecule has 2 aromatic carbocycles. The Morgan fingerprint density at radius 3 is 2.47 bits per heavy atom. The van der Waals surface area contributed by atoms with Gasteiger partial charge in [0.05, 0.1) is 18.8 Å². The summed E-state index contributed by atoms with van der Waals surface area (Å²) in [5, 5.41) is 9.68. The Hall–Kier alpha value is -3.19. The number of amides is 1. The van der Waals surface area contributed by atoms with Crippen LogP contribution in [0.2, 0.25) is 0 Å². The van der Waals surface area contributed by atoms with Crippen LogP contribution in [0.3, 0.4) is 0 Å². The third-order valence-electron chi connectivity index (χ3n) is 4.38. The fraction of sp³-hybridized carbons (Fsp3) is 0.261. The van der Waals surface area contributed by atoms with E-state index in [1.165, 1.54) is 0 Å². The molecule has 0 atom stereocenters. The second-order valence-electron chi connectivity index (χ2n) is 6.96. The maximum atomic E-state index is 12.0. The van der Waals surface area contributed by atoms with Crippen LogP contribution in [0.4, 0.5) is 0 Å². The van der Waals surface area contributed by atoms with Gasteiger partial charge in [-0.25, -0.2) is 9.98 Å². The molecule has 0 aliphatic heterocycles. The fourth-order valence-corrected chi connectivity index (χ4v) is 3.62. The molecule has 0 aliphatic carbocycles. The number of nitrogens with zero attached hydrogens (tertiary/aromatic N) is 3. The number of rotatable bonds is 7. The molecular formula is C23H27N5OS. The van der Waals surface area contributed by atoms with E-state index in [4.69, 9.17) is 4.98 Å². The highest BCUT2D eigenvalue weighted by atomic mass is 32.1. The Kier molecular flexibility index (Phi) is 7.57. The van der Waals surface area contributed by atoms with Gasteiger partial charge in [0.2, 0.25) is 0 Å². The molecule has 0 bridgehead atoms. The monoisotopic (exact) mass is 421 g/mol. The van der Waals surface area contributed by atoms with Gasteiger partial charge < -0.3 is 15.5 Å². The minimum Gasteiger partial charge on any atom is -0.357 e. The molecular weight excluding hydrogens is 394 g/mol. The van der Waals surface area contributed by atoms with Crippen LogP contribution in [-0.4, -0.2) is 42.4 Å². The van der Waals surface area contributed by atoms with Gasteiger partial charge >= 0.3 is 0 Å². The lowest BCUT2D eigenvalue weighted by molar-refractivity contribution is 0.0827. The first-order valence-corrected chi connectivity index (χ1v) is 10.8. The average Bonchev–Trinajstić information content (AvgIpc) is 3.25. The van der Waals surface area contributed by atoms with Gasteiger partial charge in [0.15, 0.2) is 5.96 Å². The summed E-state index contributed by atoms with van der Waals surface area (Å²) >= 11 is 1.64. The Balaban J connectivity index is 1.60. The molecule has 0 radical (unpaired) electrons. The lowest BCUT2D eigenvalue weighted by Crippen LogP contribution is -2.36. The zero-order chi connectivity index (χ0) is 21.3. The topological polar surface area (TPSA) is 69.6 Å². The molecule has 1 heterocycles. The van der Waals surface area contributed by atoms with Crippen molar-refractivity contribution < 1.29 is 4.79 Å². The minimum atomic E-state index is -0.00167. The molecule has 0 unspecified atom stereocenters. The second kappa shape index (κ2) is 10.5. The second-order valence-corrected chi connectivity index (χ2v) is 7.81. The number of nitrogens with one attached hydrogen (secondary N) is 2. The minimum absolute atomic E-state index is 0.00167. The van der Waals surface area contributed by atoms with Gasteiger partial charge in [-0.15, -0.1) is 11.3 Å². The molecule has 0 fully saturated rings. The van der Waals surface area contributed by atoms with Crippen LogP contribution in [0.15, 0.2) is 65.0 Å². The fourth-order valence-electron chi connectivity index (χ4n) is 2.80. The van der Waals surface area contributed by atoms with Crippen molar-refractivity contribution in [1.29, 1.82) is 0 Å². The average molecular weight is 422 g/mol. The summed E-state index contributed by atoms with van der Waals surface area (Å²) in [7, 11) is 3.50. The summed E-state index contributed by atoms with van der Waals surface area (Å²) in [6, 6.07) is 17.7. The van der Waals surface area contributed by atoms with Crippen LogP contribution in [0.5, 0.6) is 0 Å². The number of hydrogen-bond donors (Lipinski definition) is 2. The van der Waals surface area contributed by atoms with Gasteiger partial charge in [0.25, 0.3) is 5.91 Å². The van der Waals surface area contributed by atoms with Crippen LogP contribution < -0.4 is 10.6 Å². The van der Waals surface area contributed by atoms with Gasteiger partial charge in [0.1, 0.15) is 5.01 Å². The molecule has 30 heavy (non-hydrogen) atoms. The summed E-state index contributed by atoms with van der Waals surface area (Å²) in [4.78, 5) is 22.9. The quantitative estimate of drug-likeness (QED) is 0.450. The van der Waals surface area contributed by atoms with E-state index in [1.807, 2.05) is 49.4 Å². The number of hydrogen-bond acceptors (Lipinski definition) is 4. The molecule has 7 heteroatoms. The van der Waals surface area contributed by atoms with Gasteiger partial charge in [-0.05, 0) is 24.6 Å². The number of carbonyl (C=O) groups is 1. The van der Waals surface area contributed by atoms with Crippen molar-refractivity contribution in [3.05, 3.63) is 76.8 Å². The molecule has 0 aliphatic rings. The maximum absolute atomic E-state index is 12.0. The van der Waals surface area contributed by atoms with E-state index in [0.29, 0.717) is 18.7 Å². The molecule has 1 amide bonds. The molecule has 2 N–H and O–H groups in total. The number of aromatic nitrogens is 1. The number of carbonyl (C=O) groups excluding carboxylic acids is 1. The smallest absolute Gasteiger partial charge is 0.253 e. The third-order valence-corrected chi connectivity index (χ3v) is 5.32. The largest absolute Gasteiger partial charge is 0.357 e. The van der Waals surface area contributed by atoms with E-state index in [2.05, 4.69) is 33.1 Å². The first-order chi connectivity index (χ1) is 14.6. The molecule has 3 aromatic rings. The molecule has 0 saturated heterocycles. The van der Waals surface area contributed by atoms with Crippen molar-refractivity contribution in [3.8, 4) is 10.6 Å². The van der Waals surface area contributed by atoms with Gasteiger partial charge in [-0.1, -0.05) is 42.5 Å². The van der Waals surface area contributed by atoms with E-state index < -0.39 is 0 Å². The van der Waals surface area contributed by atoms with Gasteiger partial charge in [-0.3, -0.25) is 4.79 Å². The predicted molar refractivity (Wildman–Crippen MR) is 124 cm³/mol. The summed E-state index contributed by atoms with van der Waals surface area (Å²) in [6.07, 6.45) is 0. The van der Waals surface area contributed by atoms with Crippen LogP contribution >= 0.6 is 11.3 Å². The molecule has 1 aromatic heterocycles. The number of aliphatic imine (C=N–C) groups is 1. The highest BCUT2D eigenvalue weighted by Gasteiger charge is 2.08. The van der Waals surface area contributed by atoms with Gasteiger partial charge in [0, 0.05) is 37.1 Å². The van der Waals surface area contributed by atoms with Crippen molar-refractivity contribution in [2.45, 2.75) is 20.0 Å². The Labute approximate surface area is 181 Å². The van der Waals surface area contributed by atoms with Crippen LogP contribution in [0.1, 0.15) is 28.5 Å². The molecule has 6 nitrogen and oxygen atoms in total. The third kappa shape index (κ3) is 5.90. The predicted octanol–water partition coefficient (Wildman–Crippen LogP) is 3.77. The first kappa shape index (κ1) is 21.5. The normalized spacial score (nSPS) is 11.2. The number of guanidine groups is 1. The standard InChI is InChI=1S/C23H27N5OS/c1-4-24-23(25-14-17-10-12-19(13-11-17)22(29)28(2)3)26-15-20-16-30-21(27-20)18-8-6-5-7-9-18/h5-13,16H,4,14-15H2,1-3H3,(H2,24,25,26). The van der Waals surface area contributed by atoms with E-state index in [1.54, 1.807) is 30.3 Å². The Morgan fingerprint density at radius 2 is 1.80 bits per heavy atom. The van der Waals surface area contributed by atoms with Crippen molar-refractivity contribution in [3.63, 3.8) is 0 Å². The lowest BCUT2D eigenvalue weighted by Gasteiger charge is -2.11. The highest BCUT2D eigenvalue weighted by Crippen LogP contribution is 2.23. The molecule has 3 rings (SSSR count). The van der Waals surface area contributed by atoms with Crippen molar-refractivity contribution >= 4 is 23.2 Å². The molecule has 0 saturated carbocycles. The van der Waals surface area contributed by atoms with E-state index in [0.717, 1.165) is 34.3 Å². The summed E-state index contributed by atoms with van der Waals surface area (Å²) in [6.45, 7) is 3.94. The Bertz CT molecular complexity index is 980. The van der Waals surface area contributed by atoms with Crippen LogP contribution in [0, 0.1) is 0 Å². The summed E-state index contributed by atoms with van der Waals surface area (Å²) in [5.74, 6) is 0.735. The first-order valence-electron chi connectivity index (χ1n) is 9.89. The van der Waals surface area contributed by atoms with E-state index in [9.17, 15) is 4.79 Å². The highest BCUT2D eigenvalue weighted by molar-refractivity contribution is 7.13. The maximum Gasteiger partial charge on any atom is 0.253 e. The van der Waals surface area contributed by atoms with E-state index in [-0.39, 0.29) is 5.91 Å². The number of thiazole rings is 1. The summed E-state index contributed by atoms with van der Waals surface area (Å²) < 4.78 is 0. The SMILES string of the molecule is CCNC(=NCc1ccc(C(=O)N(C)C)cc1)NCc1csc(-c2ccccc2)n1. The van der Waals surface area contributed by atoms with E-state index >= 15 is 0 Å². The van der Waals surface area contributed by atoms with Gasteiger partial charge in [-0.2, -0.15) is 0 Å². The molecule has 156 valence electrons. The zero-order valence-corrected chi connectivity index (χ0v) is 18.4. The van der Waals surface area contributed by atoms with Crippen LogP contribution in [-0.2, 0) is 13.1 Å². The van der Waals surface area contributed by atoms with Crippen molar-refractivity contribution in [1.82, 2.24) is 20.5 Å². The molecule has 0 spiro atoms. The Morgan fingerprint density at radius 1 is 1.07 bits per heavy atom. The lowest BCUT2D eigenvalue weighted by atomic mass is 10.1. The number of benzene rings is 2. The summed E-state index contributed by atoms with van der Waals surface area (Å²) in [5.41, 5.74) is 3.83. The van der Waals surface area contributed by atoms with Crippen molar-refractivity contribution in [2.24, 2.45) is 4.99 Å². The van der Waals surface area contributed by atoms with Crippen molar-refractivity contribution in [2.75, 3.05) is 20.6 Å². The van der Waals surface area contributed by atoms with Crippen LogP contribution in [0.25, 0.3) is 10.6 Å². The zero-order valence-electron chi connectivity index (χ0n) is 17.6.